The molecule has 0 aliphatic rings. The number of nitriles is 1. The standard InChI is InChI=1S/C25H29ClN4O3/c1-4-11-28-12-5-6-13-31-20-8-9-21(22(26)15-20)24-29-25(33-30-24)18-7-10-23(32-17(2)3)19(14-18)16-27/h7-10,14-15,17,28H,4-6,11-13H2,1-3H3. The molecule has 7 nitrogen and oxygen atoms in total. The predicted octanol–water partition coefficient (Wildman–Crippen LogP) is 5.87. The van der Waals surface area contributed by atoms with Crippen LogP contribution < -0.4 is 14.8 Å². The third-order valence-electron chi connectivity index (χ3n) is 4.76. The summed E-state index contributed by atoms with van der Waals surface area (Å²) in [4.78, 5) is 4.46. The third kappa shape index (κ3) is 6.95. The molecule has 1 N–H and O–H groups in total. The Balaban J connectivity index is 1.65. The summed E-state index contributed by atoms with van der Waals surface area (Å²) in [5, 5.41) is 17.4. The zero-order valence-corrected chi connectivity index (χ0v) is 20.0. The van der Waals surface area contributed by atoms with Crippen LogP contribution in [-0.4, -0.2) is 35.9 Å². The van der Waals surface area contributed by atoms with Crippen LogP contribution in [0.5, 0.6) is 11.5 Å². The van der Waals surface area contributed by atoms with Crippen LogP contribution in [0.4, 0.5) is 0 Å². The molecule has 174 valence electrons. The van der Waals surface area contributed by atoms with Crippen molar-refractivity contribution in [3.05, 3.63) is 47.0 Å². The molecule has 0 saturated heterocycles. The van der Waals surface area contributed by atoms with Crippen molar-refractivity contribution in [1.82, 2.24) is 15.5 Å². The van der Waals surface area contributed by atoms with Gasteiger partial charge in [-0.05, 0) is 82.6 Å². The molecule has 0 amide bonds. The average molecular weight is 469 g/mol. The van der Waals surface area contributed by atoms with Crippen molar-refractivity contribution in [2.75, 3.05) is 19.7 Å². The van der Waals surface area contributed by atoms with E-state index in [1.165, 1.54) is 0 Å². The molecule has 1 heterocycles. The van der Waals surface area contributed by atoms with Gasteiger partial charge in [0.25, 0.3) is 5.89 Å². The number of unbranched alkanes of at least 4 members (excludes halogenated alkanes) is 1. The van der Waals surface area contributed by atoms with Gasteiger partial charge in [-0.1, -0.05) is 23.7 Å². The van der Waals surface area contributed by atoms with E-state index in [0.717, 1.165) is 32.4 Å². The number of hydrogen-bond donors (Lipinski definition) is 1. The van der Waals surface area contributed by atoms with Crippen LogP contribution in [0, 0.1) is 11.3 Å². The topological polar surface area (TPSA) is 93.2 Å². The number of benzene rings is 2. The summed E-state index contributed by atoms with van der Waals surface area (Å²) in [6.45, 7) is 8.65. The lowest BCUT2D eigenvalue weighted by molar-refractivity contribution is 0.241. The van der Waals surface area contributed by atoms with Crippen molar-refractivity contribution >= 4 is 11.6 Å². The van der Waals surface area contributed by atoms with E-state index in [-0.39, 0.29) is 6.10 Å². The predicted molar refractivity (Wildman–Crippen MR) is 129 cm³/mol. The average Bonchev–Trinajstić information content (AvgIpc) is 3.28. The van der Waals surface area contributed by atoms with Crippen molar-refractivity contribution in [3.63, 3.8) is 0 Å². The van der Waals surface area contributed by atoms with Crippen LogP contribution >= 0.6 is 11.6 Å². The van der Waals surface area contributed by atoms with Gasteiger partial charge < -0.3 is 19.3 Å². The van der Waals surface area contributed by atoms with Crippen molar-refractivity contribution in [3.8, 4) is 40.4 Å². The minimum Gasteiger partial charge on any atom is -0.494 e. The van der Waals surface area contributed by atoms with E-state index in [1.54, 1.807) is 24.3 Å². The van der Waals surface area contributed by atoms with Crippen LogP contribution in [0.1, 0.15) is 45.6 Å². The molecule has 0 unspecified atom stereocenters. The Hall–Kier alpha value is -3.08. The maximum absolute atomic E-state index is 9.44. The Bertz CT molecular complexity index is 1090. The van der Waals surface area contributed by atoms with E-state index in [1.807, 2.05) is 26.0 Å². The second-order valence-electron chi connectivity index (χ2n) is 7.86. The fourth-order valence-electron chi connectivity index (χ4n) is 3.17. The van der Waals surface area contributed by atoms with Crippen molar-refractivity contribution < 1.29 is 14.0 Å². The van der Waals surface area contributed by atoms with Gasteiger partial charge in [-0.3, -0.25) is 0 Å². The SMILES string of the molecule is CCCNCCCCOc1ccc(-c2noc(-c3ccc(OC(C)C)c(C#N)c3)n2)c(Cl)c1. The number of halogens is 1. The highest BCUT2D eigenvalue weighted by Crippen LogP contribution is 2.32. The fraction of sp³-hybridized carbons (Fsp3) is 0.400. The Morgan fingerprint density at radius 3 is 2.73 bits per heavy atom. The first kappa shape index (κ1) is 24.6. The van der Waals surface area contributed by atoms with Crippen LogP contribution in [-0.2, 0) is 0 Å². The summed E-state index contributed by atoms with van der Waals surface area (Å²) in [5.74, 6) is 1.88. The molecule has 0 radical (unpaired) electrons. The van der Waals surface area contributed by atoms with Gasteiger partial charge in [0.15, 0.2) is 0 Å². The summed E-state index contributed by atoms with van der Waals surface area (Å²) in [5.41, 5.74) is 1.68. The van der Waals surface area contributed by atoms with Gasteiger partial charge in [-0.15, -0.1) is 0 Å². The molecule has 8 heteroatoms. The fourth-order valence-corrected chi connectivity index (χ4v) is 3.42. The van der Waals surface area contributed by atoms with Crippen molar-refractivity contribution in [2.24, 2.45) is 0 Å². The van der Waals surface area contributed by atoms with Crippen molar-refractivity contribution in [2.45, 2.75) is 46.1 Å². The zero-order valence-electron chi connectivity index (χ0n) is 19.2. The number of nitrogens with one attached hydrogen (secondary N) is 1. The first-order valence-electron chi connectivity index (χ1n) is 11.2. The summed E-state index contributed by atoms with van der Waals surface area (Å²) in [7, 11) is 0. The van der Waals surface area contributed by atoms with Crippen LogP contribution in [0.2, 0.25) is 5.02 Å². The monoisotopic (exact) mass is 468 g/mol. The number of hydrogen-bond acceptors (Lipinski definition) is 7. The Labute approximate surface area is 199 Å². The van der Waals surface area contributed by atoms with Gasteiger partial charge in [0.1, 0.15) is 17.6 Å². The van der Waals surface area contributed by atoms with Gasteiger partial charge in [0.2, 0.25) is 5.82 Å². The van der Waals surface area contributed by atoms with E-state index in [2.05, 4.69) is 28.5 Å². The van der Waals surface area contributed by atoms with E-state index in [9.17, 15) is 5.26 Å². The molecule has 3 rings (SSSR count). The minimum absolute atomic E-state index is 0.0325. The zero-order chi connectivity index (χ0) is 23.6. The molecule has 0 spiro atoms. The van der Waals surface area contributed by atoms with Crippen LogP contribution in [0.3, 0.4) is 0 Å². The molecule has 3 aromatic rings. The quantitative estimate of drug-likeness (QED) is 0.332. The highest BCUT2D eigenvalue weighted by atomic mass is 35.5. The second kappa shape index (κ2) is 12.2. The number of nitrogens with zero attached hydrogens (tertiary/aromatic N) is 3. The van der Waals surface area contributed by atoms with Gasteiger partial charge in [0, 0.05) is 11.1 Å². The molecule has 0 aliphatic carbocycles. The lowest BCUT2D eigenvalue weighted by Crippen LogP contribution is -2.16. The minimum atomic E-state index is -0.0325. The summed E-state index contributed by atoms with van der Waals surface area (Å²) >= 11 is 6.46. The van der Waals surface area contributed by atoms with Crippen LogP contribution in [0.15, 0.2) is 40.9 Å². The van der Waals surface area contributed by atoms with E-state index >= 15 is 0 Å². The van der Waals surface area contributed by atoms with Gasteiger partial charge in [-0.2, -0.15) is 10.2 Å². The van der Waals surface area contributed by atoms with Gasteiger partial charge in [-0.25, -0.2) is 0 Å². The summed E-state index contributed by atoms with van der Waals surface area (Å²) in [6, 6.07) is 12.8. The molecule has 0 saturated carbocycles. The Morgan fingerprint density at radius 1 is 1.15 bits per heavy atom. The molecule has 0 aliphatic heterocycles. The molecule has 0 bridgehead atoms. The summed E-state index contributed by atoms with van der Waals surface area (Å²) in [6.07, 6.45) is 3.14. The molecular formula is C25H29ClN4O3. The number of aromatic nitrogens is 2. The Morgan fingerprint density at radius 2 is 2.00 bits per heavy atom. The molecular weight excluding hydrogens is 440 g/mol. The molecule has 33 heavy (non-hydrogen) atoms. The van der Waals surface area contributed by atoms with E-state index in [4.69, 9.17) is 25.6 Å². The molecule has 1 aromatic heterocycles. The molecule has 0 atom stereocenters. The smallest absolute Gasteiger partial charge is 0.258 e. The van der Waals surface area contributed by atoms with Gasteiger partial charge >= 0.3 is 0 Å². The highest BCUT2D eigenvalue weighted by Gasteiger charge is 2.16. The van der Waals surface area contributed by atoms with E-state index < -0.39 is 0 Å². The van der Waals surface area contributed by atoms with Crippen molar-refractivity contribution in [1.29, 1.82) is 5.26 Å². The third-order valence-corrected chi connectivity index (χ3v) is 5.07. The largest absolute Gasteiger partial charge is 0.494 e. The molecule has 0 fully saturated rings. The highest BCUT2D eigenvalue weighted by molar-refractivity contribution is 6.33. The number of rotatable bonds is 12. The lowest BCUT2D eigenvalue weighted by atomic mass is 10.1. The van der Waals surface area contributed by atoms with Gasteiger partial charge in [0.05, 0.1) is 23.3 Å². The Kier molecular flexibility index (Phi) is 9.11. The lowest BCUT2D eigenvalue weighted by Gasteiger charge is -2.11. The molecule has 2 aromatic carbocycles. The normalized spacial score (nSPS) is 10.9. The second-order valence-corrected chi connectivity index (χ2v) is 8.27. The first-order valence-corrected chi connectivity index (χ1v) is 11.6. The number of ether oxygens (including phenoxy) is 2. The maximum atomic E-state index is 9.44. The van der Waals surface area contributed by atoms with Crippen LogP contribution in [0.25, 0.3) is 22.8 Å². The van der Waals surface area contributed by atoms with E-state index in [0.29, 0.717) is 51.5 Å². The maximum Gasteiger partial charge on any atom is 0.258 e. The summed E-state index contributed by atoms with van der Waals surface area (Å²) < 4.78 is 16.9. The first-order chi connectivity index (χ1) is 16.0.